The molecule has 1 rings (SSSR count). The van der Waals surface area contributed by atoms with Gasteiger partial charge in [-0.05, 0) is 0 Å². The van der Waals surface area contributed by atoms with Crippen LogP contribution in [0.15, 0.2) is 0 Å². The van der Waals surface area contributed by atoms with Gasteiger partial charge in [0.05, 0.1) is 6.61 Å². The van der Waals surface area contributed by atoms with Crippen LogP contribution in [0.5, 0.6) is 0 Å². The van der Waals surface area contributed by atoms with Crippen LogP contribution in [-0.2, 0) is 19.3 Å². The number of rotatable bonds is 3. The van der Waals surface area contributed by atoms with Crippen molar-refractivity contribution in [3.63, 3.8) is 0 Å². The molecule has 0 aromatic heterocycles. The van der Waals surface area contributed by atoms with Crippen LogP contribution in [0, 0.1) is 6.61 Å². The molecule has 1 radical (unpaired) electrons. The Morgan fingerprint density at radius 2 is 2.00 bits per heavy atom. The Kier molecular flexibility index (Phi) is 4.00. The van der Waals surface area contributed by atoms with Gasteiger partial charge >= 0.3 is 10.4 Å². The molecule has 0 aromatic rings. The van der Waals surface area contributed by atoms with Crippen LogP contribution in [0.3, 0.4) is 0 Å². The minimum Gasteiger partial charge on any atom is -0.394 e. The van der Waals surface area contributed by atoms with E-state index in [0.717, 1.165) is 6.61 Å². The van der Waals surface area contributed by atoms with Gasteiger partial charge in [0.15, 0.2) is 0 Å². The second-order valence-corrected chi connectivity index (χ2v) is 4.01. The summed E-state index contributed by atoms with van der Waals surface area (Å²) in [4.78, 5) is 0. The Balaban J connectivity index is 2.74. The molecule has 1 fully saturated rings. The highest BCUT2D eigenvalue weighted by atomic mass is 32.3. The lowest BCUT2D eigenvalue weighted by Gasteiger charge is -2.35. The molecule has 9 heteroatoms. The fourth-order valence-electron chi connectivity index (χ4n) is 1.16. The summed E-state index contributed by atoms with van der Waals surface area (Å²) >= 11 is 0. The summed E-state index contributed by atoms with van der Waals surface area (Å²) in [6.45, 7) is 0.221. The first kappa shape index (κ1) is 12.8. The molecule has 0 saturated carbocycles. The number of hydrogen-bond acceptors (Lipinski definition) is 7. The van der Waals surface area contributed by atoms with Gasteiger partial charge in [-0.25, -0.2) is 4.18 Å². The van der Waals surface area contributed by atoms with Crippen molar-refractivity contribution >= 4 is 10.4 Å². The SMILES string of the molecule is O=S(=O)(O)O[C@H]1[C@@H](O)[C@@H](CO)O[CH][C@@H]1O. The lowest BCUT2D eigenvalue weighted by molar-refractivity contribution is -0.161. The van der Waals surface area contributed by atoms with Gasteiger partial charge in [-0.2, -0.15) is 8.42 Å². The molecule has 0 unspecified atom stereocenters. The molecule has 1 heterocycles. The standard InChI is InChI=1S/C6H11O8S/c7-1-4-5(9)6(3(8)2-13-4)14-15(10,11)12/h2-9H,1H2,(H,10,11,12)/t3-,4+,5-,6+/m0/s1. The van der Waals surface area contributed by atoms with Crippen LogP contribution in [-0.4, -0.2) is 59.3 Å². The summed E-state index contributed by atoms with van der Waals surface area (Å²) in [5, 5.41) is 27.3. The van der Waals surface area contributed by atoms with Crippen molar-refractivity contribution in [2.45, 2.75) is 24.4 Å². The van der Waals surface area contributed by atoms with E-state index >= 15 is 0 Å². The molecule has 0 bridgehead atoms. The zero-order valence-corrected chi connectivity index (χ0v) is 8.24. The molecule has 1 aliphatic rings. The molecular formula is C6H11O8S. The molecule has 1 aliphatic heterocycles. The molecule has 0 amide bonds. The van der Waals surface area contributed by atoms with E-state index in [1.807, 2.05) is 0 Å². The predicted molar refractivity (Wildman–Crippen MR) is 44.7 cm³/mol. The number of ether oxygens (including phenoxy) is 1. The van der Waals surface area contributed by atoms with Crippen LogP contribution in [0.25, 0.3) is 0 Å². The van der Waals surface area contributed by atoms with Crippen molar-refractivity contribution in [2.75, 3.05) is 6.61 Å². The second kappa shape index (κ2) is 4.70. The van der Waals surface area contributed by atoms with Crippen molar-refractivity contribution < 1.29 is 37.2 Å². The Labute approximate surface area is 86.0 Å². The first-order valence-electron chi connectivity index (χ1n) is 3.96. The lowest BCUT2D eigenvalue weighted by atomic mass is 10.0. The molecule has 15 heavy (non-hydrogen) atoms. The highest BCUT2D eigenvalue weighted by Gasteiger charge is 2.42. The third kappa shape index (κ3) is 3.34. The summed E-state index contributed by atoms with van der Waals surface area (Å²) in [6, 6.07) is 0. The van der Waals surface area contributed by atoms with Crippen molar-refractivity contribution in [2.24, 2.45) is 0 Å². The smallest absolute Gasteiger partial charge is 0.394 e. The first-order chi connectivity index (χ1) is 6.85. The zero-order chi connectivity index (χ0) is 11.6. The number of aliphatic hydroxyl groups excluding tert-OH is 3. The summed E-state index contributed by atoms with van der Waals surface area (Å²) in [7, 11) is -4.80. The minimum atomic E-state index is -4.80. The van der Waals surface area contributed by atoms with E-state index in [2.05, 4.69) is 8.92 Å². The van der Waals surface area contributed by atoms with Crippen molar-refractivity contribution in [1.82, 2.24) is 0 Å². The molecule has 4 atom stereocenters. The van der Waals surface area contributed by atoms with Gasteiger partial charge in [0.2, 0.25) is 0 Å². The summed E-state index contributed by atoms with van der Waals surface area (Å²) < 4.78 is 37.8. The minimum absolute atomic E-state index is 0.588. The van der Waals surface area contributed by atoms with Crippen LogP contribution in [0.2, 0.25) is 0 Å². The summed E-state index contributed by atoms with van der Waals surface area (Å²) in [5.74, 6) is 0. The molecular weight excluding hydrogens is 232 g/mol. The lowest BCUT2D eigenvalue weighted by Crippen LogP contribution is -2.53. The quantitative estimate of drug-likeness (QED) is 0.398. The summed E-state index contributed by atoms with van der Waals surface area (Å²) in [5.41, 5.74) is 0. The average molecular weight is 243 g/mol. The van der Waals surface area contributed by atoms with Gasteiger partial charge in [-0.15, -0.1) is 0 Å². The highest BCUT2D eigenvalue weighted by molar-refractivity contribution is 7.80. The van der Waals surface area contributed by atoms with E-state index in [4.69, 9.17) is 9.66 Å². The van der Waals surface area contributed by atoms with Gasteiger partial charge in [-0.1, -0.05) is 0 Å². The normalized spacial score (nSPS) is 37.9. The zero-order valence-electron chi connectivity index (χ0n) is 7.42. The molecule has 8 nitrogen and oxygen atoms in total. The van der Waals surface area contributed by atoms with Crippen molar-refractivity contribution in [1.29, 1.82) is 0 Å². The van der Waals surface area contributed by atoms with Gasteiger partial charge in [-0.3, -0.25) is 4.55 Å². The molecule has 0 spiro atoms. The van der Waals surface area contributed by atoms with Gasteiger partial charge in [0, 0.05) is 0 Å². The molecule has 0 aliphatic carbocycles. The maximum absolute atomic E-state index is 10.4. The van der Waals surface area contributed by atoms with E-state index in [-0.39, 0.29) is 0 Å². The molecule has 89 valence electrons. The second-order valence-electron chi connectivity index (χ2n) is 2.96. The van der Waals surface area contributed by atoms with E-state index in [1.54, 1.807) is 0 Å². The monoisotopic (exact) mass is 243 g/mol. The summed E-state index contributed by atoms with van der Waals surface area (Å²) in [6.07, 6.45) is -5.81. The van der Waals surface area contributed by atoms with Crippen LogP contribution < -0.4 is 0 Å². The maximum atomic E-state index is 10.4. The van der Waals surface area contributed by atoms with E-state index in [1.165, 1.54) is 0 Å². The third-order valence-corrected chi connectivity index (χ3v) is 2.32. The van der Waals surface area contributed by atoms with E-state index in [0.29, 0.717) is 0 Å². The average Bonchev–Trinajstić information content (AvgIpc) is 2.11. The number of aliphatic hydroxyl groups is 3. The molecule has 1 saturated heterocycles. The Morgan fingerprint density at radius 1 is 1.40 bits per heavy atom. The van der Waals surface area contributed by atoms with Crippen molar-refractivity contribution in [3.05, 3.63) is 6.61 Å². The van der Waals surface area contributed by atoms with E-state index in [9.17, 15) is 18.6 Å². The van der Waals surface area contributed by atoms with Gasteiger partial charge in [0.25, 0.3) is 0 Å². The Morgan fingerprint density at radius 3 is 2.47 bits per heavy atom. The van der Waals surface area contributed by atoms with Gasteiger partial charge < -0.3 is 20.1 Å². The predicted octanol–water partition coefficient (Wildman–Crippen LogP) is -2.55. The fraction of sp³-hybridized carbons (Fsp3) is 0.833. The van der Waals surface area contributed by atoms with Crippen molar-refractivity contribution in [3.8, 4) is 0 Å². The third-order valence-electron chi connectivity index (χ3n) is 1.86. The van der Waals surface area contributed by atoms with Crippen LogP contribution in [0.1, 0.15) is 0 Å². The molecule has 4 N–H and O–H groups in total. The van der Waals surface area contributed by atoms with Crippen LogP contribution in [0.4, 0.5) is 0 Å². The largest absolute Gasteiger partial charge is 0.397 e. The fourth-order valence-corrected chi connectivity index (χ4v) is 1.67. The molecule has 0 aromatic carbocycles. The van der Waals surface area contributed by atoms with E-state index < -0.39 is 41.4 Å². The Hall–Kier alpha value is -0.290. The van der Waals surface area contributed by atoms with Gasteiger partial charge in [0.1, 0.15) is 31.0 Å². The maximum Gasteiger partial charge on any atom is 0.397 e. The Bertz CT molecular complexity index is 300. The first-order valence-corrected chi connectivity index (χ1v) is 5.33. The topological polar surface area (TPSA) is 134 Å². The van der Waals surface area contributed by atoms with Crippen LogP contribution >= 0.6 is 0 Å². The number of hydrogen-bond donors (Lipinski definition) is 4. The highest BCUT2D eigenvalue weighted by Crippen LogP contribution is 2.21.